The van der Waals surface area contributed by atoms with E-state index in [0.29, 0.717) is 6.54 Å². The average Bonchev–Trinajstić information content (AvgIpc) is 2.88. The molecule has 1 atom stereocenters. The maximum atomic E-state index is 11.5. The third-order valence-electron chi connectivity index (χ3n) is 3.35. The van der Waals surface area contributed by atoms with Crippen molar-refractivity contribution in [3.63, 3.8) is 0 Å². The number of methoxy groups -OCH3 is 2. The molecule has 0 aromatic heterocycles. The van der Waals surface area contributed by atoms with Crippen molar-refractivity contribution in [1.82, 2.24) is 4.90 Å². The summed E-state index contributed by atoms with van der Waals surface area (Å²) < 4.78 is 9.35. The number of hydrogen-bond donors (Lipinski definition) is 0. The molecule has 2 fully saturated rings. The molecule has 2 aliphatic rings. The summed E-state index contributed by atoms with van der Waals surface area (Å²) in [7, 11) is 2.67. The molecule has 0 N–H and O–H groups in total. The predicted molar refractivity (Wildman–Crippen MR) is 51.2 cm³/mol. The average molecular weight is 213 g/mol. The molecule has 1 amide bonds. The van der Waals surface area contributed by atoms with Crippen LogP contribution in [-0.2, 0) is 14.3 Å². The van der Waals surface area contributed by atoms with Crippen molar-refractivity contribution in [2.24, 2.45) is 5.41 Å². The second-order valence-electron chi connectivity index (χ2n) is 4.34. The first kappa shape index (κ1) is 10.3. The SMILES string of the molecule is COC(=O)[C@@H]1CC2(CC2)CN1C(=O)OC. The van der Waals surface area contributed by atoms with Gasteiger partial charge in [0.15, 0.2) is 0 Å². The van der Waals surface area contributed by atoms with E-state index in [0.717, 1.165) is 19.3 Å². The van der Waals surface area contributed by atoms with E-state index in [2.05, 4.69) is 4.74 Å². The van der Waals surface area contributed by atoms with E-state index in [-0.39, 0.29) is 11.4 Å². The maximum Gasteiger partial charge on any atom is 0.410 e. The van der Waals surface area contributed by atoms with Crippen molar-refractivity contribution in [3.05, 3.63) is 0 Å². The van der Waals surface area contributed by atoms with E-state index in [1.807, 2.05) is 0 Å². The highest BCUT2D eigenvalue weighted by Crippen LogP contribution is 2.54. The standard InChI is InChI=1S/C10H15NO4/c1-14-8(12)7-5-10(3-4-10)6-11(7)9(13)15-2/h7H,3-6H2,1-2H3/t7-/m0/s1. The summed E-state index contributed by atoms with van der Waals surface area (Å²) in [5, 5.41) is 0. The van der Waals surface area contributed by atoms with E-state index in [9.17, 15) is 9.59 Å². The lowest BCUT2D eigenvalue weighted by Crippen LogP contribution is -2.41. The van der Waals surface area contributed by atoms with E-state index in [1.165, 1.54) is 19.1 Å². The molecule has 0 radical (unpaired) electrons. The van der Waals surface area contributed by atoms with Crippen LogP contribution in [-0.4, -0.2) is 43.8 Å². The third kappa shape index (κ3) is 1.66. The summed E-state index contributed by atoms with van der Waals surface area (Å²) in [5.74, 6) is -0.343. The van der Waals surface area contributed by atoms with Crippen molar-refractivity contribution in [3.8, 4) is 0 Å². The van der Waals surface area contributed by atoms with Gasteiger partial charge in [-0.2, -0.15) is 0 Å². The van der Waals surface area contributed by atoms with Gasteiger partial charge in [-0.1, -0.05) is 0 Å². The molecule has 0 bridgehead atoms. The summed E-state index contributed by atoms with van der Waals surface area (Å²) in [6, 6.07) is -0.454. The Labute approximate surface area is 88.3 Å². The zero-order valence-corrected chi connectivity index (χ0v) is 8.99. The molecule has 0 aromatic carbocycles. The van der Waals surface area contributed by atoms with Crippen LogP contribution in [0, 0.1) is 5.41 Å². The van der Waals surface area contributed by atoms with Crippen molar-refractivity contribution < 1.29 is 19.1 Å². The first-order valence-electron chi connectivity index (χ1n) is 5.04. The van der Waals surface area contributed by atoms with Gasteiger partial charge in [0.2, 0.25) is 0 Å². The van der Waals surface area contributed by atoms with Crippen molar-refractivity contribution in [2.45, 2.75) is 25.3 Å². The molecule has 2 rings (SSSR count). The van der Waals surface area contributed by atoms with Crippen LogP contribution in [0.3, 0.4) is 0 Å². The number of ether oxygens (including phenoxy) is 2. The highest BCUT2D eigenvalue weighted by Gasteiger charge is 2.56. The van der Waals surface area contributed by atoms with Gasteiger partial charge in [-0.25, -0.2) is 9.59 Å². The molecule has 1 aliphatic heterocycles. The Morgan fingerprint density at radius 1 is 1.27 bits per heavy atom. The van der Waals surface area contributed by atoms with Gasteiger partial charge in [0, 0.05) is 6.54 Å². The van der Waals surface area contributed by atoms with Crippen molar-refractivity contribution >= 4 is 12.1 Å². The Hall–Kier alpha value is -1.26. The molecule has 84 valence electrons. The van der Waals surface area contributed by atoms with Crippen molar-refractivity contribution in [2.75, 3.05) is 20.8 Å². The van der Waals surface area contributed by atoms with E-state index in [4.69, 9.17) is 4.74 Å². The molecule has 1 saturated heterocycles. The lowest BCUT2D eigenvalue weighted by molar-refractivity contribution is -0.145. The second kappa shape index (κ2) is 3.40. The number of likely N-dealkylation sites (tertiary alicyclic amines) is 1. The van der Waals surface area contributed by atoms with Crippen LogP contribution < -0.4 is 0 Å². The minimum Gasteiger partial charge on any atom is -0.467 e. The van der Waals surface area contributed by atoms with Crippen LogP contribution in [0.1, 0.15) is 19.3 Å². The Balaban J connectivity index is 2.12. The number of esters is 1. The van der Waals surface area contributed by atoms with Gasteiger partial charge in [-0.05, 0) is 24.7 Å². The van der Waals surface area contributed by atoms with Crippen LogP contribution in [0.2, 0.25) is 0 Å². The predicted octanol–water partition coefficient (Wildman–Crippen LogP) is 0.780. The summed E-state index contributed by atoms with van der Waals surface area (Å²) >= 11 is 0. The third-order valence-corrected chi connectivity index (χ3v) is 3.35. The fourth-order valence-electron chi connectivity index (χ4n) is 2.25. The molecule has 5 nitrogen and oxygen atoms in total. The zero-order chi connectivity index (χ0) is 11.1. The van der Waals surface area contributed by atoms with Crippen LogP contribution in [0.25, 0.3) is 0 Å². The summed E-state index contributed by atoms with van der Waals surface area (Å²) in [6.07, 6.45) is 2.46. The first-order chi connectivity index (χ1) is 7.12. The second-order valence-corrected chi connectivity index (χ2v) is 4.34. The maximum absolute atomic E-state index is 11.5. The quantitative estimate of drug-likeness (QED) is 0.604. The van der Waals surface area contributed by atoms with Crippen LogP contribution >= 0.6 is 0 Å². The molecule has 15 heavy (non-hydrogen) atoms. The Morgan fingerprint density at radius 3 is 2.40 bits per heavy atom. The lowest BCUT2D eigenvalue weighted by atomic mass is 10.0. The highest BCUT2D eigenvalue weighted by molar-refractivity contribution is 5.82. The Morgan fingerprint density at radius 2 is 1.93 bits per heavy atom. The number of amides is 1. The van der Waals surface area contributed by atoms with Gasteiger partial charge in [0.25, 0.3) is 0 Å². The Kier molecular flexibility index (Phi) is 2.32. The minimum absolute atomic E-state index is 0.174. The molecule has 1 heterocycles. The number of carbonyl (C=O) groups is 2. The largest absolute Gasteiger partial charge is 0.467 e. The van der Waals surface area contributed by atoms with Crippen LogP contribution in [0.4, 0.5) is 4.79 Å². The smallest absolute Gasteiger partial charge is 0.410 e. The summed E-state index contributed by atoms with van der Waals surface area (Å²) in [6.45, 7) is 0.624. The molecular weight excluding hydrogens is 198 g/mol. The van der Waals surface area contributed by atoms with E-state index in [1.54, 1.807) is 0 Å². The topological polar surface area (TPSA) is 55.8 Å². The Bertz CT molecular complexity index is 272. The van der Waals surface area contributed by atoms with E-state index >= 15 is 0 Å². The van der Waals surface area contributed by atoms with Gasteiger partial charge < -0.3 is 9.47 Å². The molecule has 5 heteroatoms. The first-order valence-corrected chi connectivity index (χ1v) is 5.04. The zero-order valence-electron chi connectivity index (χ0n) is 8.99. The molecular formula is C10H15NO4. The van der Waals surface area contributed by atoms with Gasteiger partial charge in [-0.3, -0.25) is 4.90 Å². The molecule has 0 aromatic rings. The molecule has 1 aliphatic carbocycles. The van der Waals surface area contributed by atoms with Gasteiger partial charge in [0.05, 0.1) is 14.2 Å². The van der Waals surface area contributed by atoms with Gasteiger partial charge >= 0.3 is 12.1 Å². The van der Waals surface area contributed by atoms with Gasteiger partial charge in [0.1, 0.15) is 6.04 Å². The van der Waals surface area contributed by atoms with Crippen molar-refractivity contribution in [1.29, 1.82) is 0 Å². The fraction of sp³-hybridized carbons (Fsp3) is 0.800. The fourth-order valence-corrected chi connectivity index (χ4v) is 2.25. The van der Waals surface area contributed by atoms with Gasteiger partial charge in [-0.15, -0.1) is 0 Å². The van der Waals surface area contributed by atoms with Crippen LogP contribution in [0.15, 0.2) is 0 Å². The molecule has 1 saturated carbocycles. The molecule has 1 spiro atoms. The lowest BCUT2D eigenvalue weighted by Gasteiger charge is -2.20. The number of hydrogen-bond acceptors (Lipinski definition) is 4. The number of nitrogens with zero attached hydrogens (tertiary/aromatic N) is 1. The summed E-state index contributed by atoms with van der Waals surface area (Å²) in [4.78, 5) is 24.4. The highest BCUT2D eigenvalue weighted by atomic mass is 16.5. The summed E-state index contributed by atoms with van der Waals surface area (Å²) in [5.41, 5.74) is 0.174. The van der Waals surface area contributed by atoms with E-state index < -0.39 is 12.1 Å². The number of carbonyl (C=O) groups excluding carboxylic acids is 2. The minimum atomic E-state index is -0.454. The number of rotatable bonds is 1. The van der Waals surface area contributed by atoms with Crippen LogP contribution in [0.5, 0.6) is 0 Å². The molecule has 0 unspecified atom stereocenters. The monoisotopic (exact) mass is 213 g/mol. The normalized spacial score (nSPS) is 26.5.